The second-order valence-electron chi connectivity index (χ2n) is 5.72. The second-order valence-corrected chi connectivity index (χ2v) is 5.72. The maximum absolute atomic E-state index is 11.2. The average molecular weight is 293 g/mol. The predicted octanol–water partition coefficient (Wildman–Crippen LogP) is 3.89. The molecule has 0 saturated carbocycles. The zero-order chi connectivity index (χ0) is 15.8. The van der Waals surface area contributed by atoms with E-state index in [1.165, 1.54) is 0 Å². The summed E-state index contributed by atoms with van der Waals surface area (Å²) in [7, 11) is 0. The molecule has 0 atom stereocenters. The third-order valence-electron chi connectivity index (χ3n) is 3.34. The number of nitrogens with one attached hydrogen (secondary N) is 1. The minimum Gasteiger partial charge on any atom is -0.379 e. The van der Waals surface area contributed by atoms with Gasteiger partial charge >= 0.3 is 0 Å². The number of anilines is 1. The van der Waals surface area contributed by atoms with E-state index in [0.29, 0.717) is 11.6 Å². The van der Waals surface area contributed by atoms with Crippen LogP contribution in [-0.4, -0.2) is 29.5 Å². The van der Waals surface area contributed by atoms with Gasteiger partial charge in [-0.1, -0.05) is 39.8 Å². The summed E-state index contributed by atoms with van der Waals surface area (Å²) < 4.78 is 0. The normalized spacial score (nSPS) is 11.1. The van der Waals surface area contributed by atoms with Gasteiger partial charge in [0.05, 0.1) is 4.92 Å². The van der Waals surface area contributed by atoms with E-state index in [1.54, 1.807) is 12.1 Å². The van der Waals surface area contributed by atoms with E-state index in [4.69, 9.17) is 0 Å². The van der Waals surface area contributed by atoms with Crippen molar-refractivity contribution < 1.29 is 4.92 Å². The molecule has 0 fully saturated rings. The van der Waals surface area contributed by atoms with Gasteiger partial charge in [0, 0.05) is 25.7 Å². The van der Waals surface area contributed by atoms with Crippen LogP contribution < -0.4 is 5.32 Å². The summed E-state index contributed by atoms with van der Waals surface area (Å²) >= 11 is 0. The quantitative estimate of drug-likeness (QED) is 0.554. The zero-order valence-corrected chi connectivity index (χ0v) is 13.6. The van der Waals surface area contributed by atoms with Crippen molar-refractivity contribution in [3.05, 3.63) is 33.9 Å². The zero-order valence-electron chi connectivity index (χ0n) is 13.6. The lowest BCUT2D eigenvalue weighted by Gasteiger charge is -2.24. The van der Waals surface area contributed by atoms with Crippen molar-refractivity contribution in [2.45, 2.75) is 40.7 Å². The SMILES string of the molecule is CCCNc1c(CN(CC)CC(C)C)cccc1[N+](=O)[O-]. The van der Waals surface area contributed by atoms with Crippen molar-refractivity contribution in [3.63, 3.8) is 0 Å². The van der Waals surface area contributed by atoms with E-state index in [9.17, 15) is 10.1 Å². The van der Waals surface area contributed by atoms with Gasteiger partial charge in [-0.15, -0.1) is 0 Å². The molecule has 1 N–H and O–H groups in total. The lowest BCUT2D eigenvalue weighted by Crippen LogP contribution is -2.27. The summed E-state index contributed by atoms with van der Waals surface area (Å²) in [6.45, 7) is 12.0. The molecule has 0 heterocycles. The first-order chi connectivity index (χ1) is 9.99. The summed E-state index contributed by atoms with van der Waals surface area (Å²) in [5.74, 6) is 0.579. The molecular weight excluding hydrogens is 266 g/mol. The Balaban J connectivity index is 3.03. The van der Waals surface area contributed by atoms with Crippen molar-refractivity contribution in [3.8, 4) is 0 Å². The van der Waals surface area contributed by atoms with Crippen LogP contribution in [0.1, 0.15) is 39.7 Å². The van der Waals surface area contributed by atoms with E-state index in [2.05, 4.69) is 37.9 Å². The summed E-state index contributed by atoms with van der Waals surface area (Å²) in [5, 5.41) is 14.4. The number of hydrogen-bond acceptors (Lipinski definition) is 4. The fourth-order valence-corrected chi connectivity index (χ4v) is 2.39. The van der Waals surface area contributed by atoms with E-state index in [0.717, 1.165) is 38.2 Å². The highest BCUT2D eigenvalue weighted by atomic mass is 16.6. The van der Waals surface area contributed by atoms with Crippen molar-refractivity contribution >= 4 is 11.4 Å². The van der Waals surface area contributed by atoms with Gasteiger partial charge in [-0.05, 0) is 24.4 Å². The molecular formula is C16H27N3O2. The third-order valence-corrected chi connectivity index (χ3v) is 3.34. The summed E-state index contributed by atoms with van der Waals surface area (Å²) in [4.78, 5) is 13.2. The van der Waals surface area contributed by atoms with Crippen LogP contribution in [0.5, 0.6) is 0 Å². The van der Waals surface area contributed by atoms with Gasteiger partial charge < -0.3 is 5.32 Å². The van der Waals surface area contributed by atoms with Crippen molar-refractivity contribution in [2.75, 3.05) is 25.0 Å². The van der Waals surface area contributed by atoms with Crippen molar-refractivity contribution in [1.29, 1.82) is 0 Å². The lowest BCUT2D eigenvalue weighted by atomic mass is 10.1. The van der Waals surface area contributed by atoms with Crippen LogP contribution in [0.3, 0.4) is 0 Å². The number of hydrogen-bond donors (Lipinski definition) is 1. The Kier molecular flexibility index (Phi) is 7.15. The van der Waals surface area contributed by atoms with Gasteiger partial charge in [0.25, 0.3) is 5.69 Å². The molecule has 1 aromatic carbocycles. The molecule has 0 spiro atoms. The number of benzene rings is 1. The molecule has 0 aliphatic carbocycles. The Morgan fingerprint density at radius 3 is 2.57 bits per heavy atom. The van der Waals surface area contributed by atoms with Gasteiger partial charge in [-0.25, -0.2) is 0 Å². The number of nitro benzene ring substituents is 1. The smallest absolute Gasteiger partial charge is 0.292 e. The number of nitrogens with zero attached hydrogens (tertiary/aromatic N) is 2. The van der Waals surface area contributed by atoms with Crippen LogP contribution in [0.25, 0.3) is 0 Å². The molecule has 0 aliphatic heterocycles. The van der Waals surface area contributed by atoms with Crippen LogP contribution >= 0.6 is 0 Å². The Labute approximate surface area is 127 Å². The molecule has 0 radical (unpaired) electrons. The molecule has 0 aromatic heterocycles. The summed E-state index contributed by atoms with van der Waals surface area (Å²) in [6, 6.07) is 5.32. The highest BCUT2D eigenvalue weighted by molar-refractivity contribution is 5.66. The second kappa shape index (κ2) is 8.62. The van der Waals surface area contributed by atoms with Crippen molar-refractivity contribution in [1.82, 2.24) is 4.90 Å². The van der Waals surface area contributed by atoms with Gasteiger partial charge in [0.15, 0.2) is 0 Å². The largest absolute Gasteiger partial charge is 0.379 e. The Bertz CT molecular complexity index is 461. The van der Waals surface area contributed by atoms with Gasteiger partial charge in [-0.3, -0.25) is 15.0 Å². The molecule has 0 aliphatic rings. The molecule has 0 bridgehead atoms. The first-order valence-corrected chi connectivity index (χ1v) is 7.72. The highest BCUT2D eigenvalue weighted by Gasteiger charge is 2.18. The first-order valence-electron chi connectivity index (χ1n) is 7.72. The minimum atomic E-state index is -0.305. The molecule has 0 amide bonds. The fraction of sp³-hybridized carbons (Fsp3) is 0.625. The predicted molar refractivity (Wildman–Crippen MR) is 87.7 cm³/mol. The van der Waals surface area contributed by atoms with Gasteiger partial charge in [0.1, 0.15) is 5.69 Å². The molecule has 5 nitrogen and oxygen atoms in total. The van der Waals surface area contributed by atoms with E-state index < -0.39 is 0 Å². The number of rotatable bonds is 9. The van der Waals surface area contributed by atoms with E-state index in [1.807, 2.05) is 6.07 Å². The standard InChI is InChI=1S/C16H27N3O2/c1-5-10-17-16-14(8-7-9-15(16)19(20)21)12-18(6-2)11-13(3)4/h7-9,13,17H,5-6,10-12H2,1-4H3. The van der Waals surface area contributed by atoms with Crippen LogP contribution in [0, 0.1) is 16.0 Å². The Morgan fingerprint density at radius 1 is 1.33 bits per heavy atom. The molecule has 0 unspecified atom stereocenters. The van der Waals surface area contributed by atoms with Gasteiger partial charge in [-0.2, -0.15) is 0 Å². The number of para-hydroxylation sites is 1. The third kappa shape index (κ3) is 5.34. The minimum absolute atomic E-state index is 0.168. The van der Waals surface area contributed by atoms with Crippen LogP contribution in [0.2, 0.25) is 0 Å². The Morgan fingerprint density at radius 2 is 2.05 bits per heavy atom. The maximum atomic E-state index is 11.2. The molecule has 118 valence electrons. The van der Waals surface area contributed by atoms with Gasteiger partial charge in [0.2, 0.25) is 0 Å². The monoisotopic (exact) mass is 293 g/mol. The van der Waals surface area contributed by atoms with E-state index >= 15 is 0 Å². The highest BCUT2D eigenvalue weighted by Crippen LogP contribution is 2.29. The fourth-order valence-electron chi connectivity index (χ4n) is 2.39. The summed E-state index contributed by atoms with van der Waals surface area (Å²) in [5.41, 5.74) is 1.84. The lowest BCUT2D eigenvalue weighted by molar-refractivity contribution is -0.384. The van der Waals surface area contributed by atoms with E-state index in [-0.39, 0.29) is 10.6 Å². The molecule has 1 aromatic rings. The first kappa shape index (κ1) is 17.4. The average Bonchev–Trinajstić information content (AvgIpc) is 2.44. The molecule has 1 rings (SSSR count). The molecule has 5 heteroatoms. The topological polar surface area (TPSA) is 58.4 Å². The maximum Gasteiger partial charge on any atom is 0.292 e. The van der Waals surface area contributed by atoms with Crippen LogP contribution in [0.15, 0.2) is 18.2 Å². The molecule has 0 saturated heterocycles. The molecule has 21 heavy (non-hydrogen) atoms. The van der Waals surface area contributed by atoms with Crippen LogP contribution in [-0.2, 0) is 6.54 Å². The van der Waals surface area contributed by atoms with Crippen LogP contribution in [0.4, 0.5) is 11.4 Å². The Hall–Kier alpha value is -1.62. The number of nitro groups is 1. The summed E-state index contributed by atoms with van der Waals surface area (Å²) in [6.07, 6.45) is 0.939. The van der Waals surface area contributed by atoms with Crippen molar-refractivity contribution in [2.24, 2.45) is 5.92 Å².